The summed E-state index contributed by atoms with van der Waals surface area (Å²) in [5.74, 6) is 2.92. The predicted octanol–water partition coefficient (Wildman–Crippen LogP) is 0.699. The van der Waals surface area contributed by atoms with Crippen LogP contribution in [-0.2, 0) is 13.1 Å². The molecule has 2 saturated heterocycles. The highest BCUT2D eigenvalue weighted by atomic mass is 16.5. The second-order valence-corrected chi connectivity index (χ2v) is 8.02. The molecule has 152 valence electrons. The molecule has 3 aromatic rings. The SMILES string of the molecule is COc1cc(CN2CC3CNCC3C2)ccc1Cn1ncc2nc(N)nc(N)c21. The lowest BCUT2D eigenvalue weighted by atomic mass is 10.0. The molecular weight excluding hydrogens is 368 g/mol. The molecule has 0 aliphatic carbocycles. The maximum atomic E-state index is 6.05. The smallest absolute Gasteiger partial charge is 0.222 e. The van der Waals surface area contributed by atoms with E-state index in [-0.39, 0.29) is 5.95 Å². The quantitative estimate of drug-likeness (QED) is 0.578. The van der Waals surface area contributed by atoms with Crippen LogP contribution in [-0.4, -0.2) is 57.9 Å². The summed E-state index contributed by atoms with van der Waals surface area (Å²) in [6.07, 6.45) is 1.66. The largest absolute Gasteiger partial charge is 0.496 e. The van der Waals surface area contributed by atoms with Crippen LogP contribution in [0.25, 0.3) is 11.0 Å². The number of hydrogen-bond donors (Lipinski definition) is 3. The van der Waals surface area contributed by atoms with Crippen LogP contribution in [0.1, 0.15) is 11.1 Å². The molecule has 4 heterocycles. The van der Waals surface area contributed by atoms with Crippen molar-refractivity contribution in [3.63, 3.8) is 0 Å². The molecule has 9 nitrogen and oxygen atoms in total. The topological polar surface area (TPSA) is 120 Å². The zero-order valence-corrected chi connectivity index (χ0v) is 16.5. The van der Waals surface area contributed by atoms with Crippen LogP contribution in [0.3, 0.4) is 0 Å². The van der Waals surface area contributed by atoms with Crippen molar-refractivity contribution in [2.75, 3.05) is 44.8 Å². The molecule has 2 aliphatic rings. The van der Waals surface area contributed by atoms with Gasteiger partial charge < -0.3 is 21.5 Å². The molecule has 2 fully saturated rings. The van der Waals surface area contributed by atoms with Gasteiger partial charge >= 0.3 is 0 Å². The van der Waals surface area contributed by atoms with E-state index in [0.717, 1.165) is 42.8 Å². The second-order valence-electron chi connectivity index (χ2n) is 8.02. The predicted molar refractivity (Wildman–Crippen MR) is 111 cm³/mol. The van der Waals surface area contributed by atoms with E-state index < -0.39 is 0 Å². The number of benzene rings is 1. The molecule has 2 atom stereocenters. The summed E-state index contributed by atoms with van der Waals surface area (Å²) in [4.78, 5) is 10.8. The first-order valence-electron chi connectivity index (χ1n) is 9.94. The standard InChI is InChI=1S/C20H26N8O/c1-29-17-4-12(8-27-9-14-5-23-6-15(14)10-27)2-3-13(17)11-28-18-16(7-24-28)25-20(22)26-19(18)21/h2-4,7,14-15,23H,5-6,8-11H2,1H3,(H4,21,22,25,26). The van der Waals surface area contributed by atoms with Crippen LogP contribution in [0.2, 0.25) is 0 Å². The fourth-order valence-electron chi connectivity index (χ4n) is 4.68. The summed E-state index contributed by atoms with van der Waals surface area (Å²) in [6, 6.07) is 6.41. The number of rotatable bonds is 5. The molecule has 2 aliphatic heterocycles. The van der Waals surface area contributed by atoms with Gasteiger partial charge in [-0.3, -0.25) is 9.58 Å². The lowest BCUT2D eigenvalue weighted by molar-refractivity contribution is 0.305. The van der Waals surface area contributed by atoms with E-state index in [1.807, 2.05) is 0 Å². The zero-order chi connectivity index (χ0) is 20.0. The molecule has 0 radical (unpaired) electrons. The molecule has 0 amide bonds. The minimum Gasteiger partial charge on any atom is -0.496 e. The van der Waals surface area contributed by atoms with E-state index in [0.29, 0.717) is 23.4 Å². The number of likely N-dealkylation sites (tertiary alicyclic amines) is 1. The van der Waals surface area contributed by atoms with Gasteiger partial charge in [0, 0.05) is 25.2 Å². The molecule has 5 N–H and O–H groups in total. The van der Waals surface area contributed by atoms with Gasteiger partial charge in [-0.05, 0) is 36.6 Å². The van der Waals surface area contributed by atoms with Crippen molar-refractivity contribution in [1.29, 1.82) is 0 Å². The van der Waals surface area contributed by atoms with E-state index in [1.54, 1.807) is 18.0 Å². The molecular formula is C20H26N8O. The molecule has 0 bridgehead atoms. The van der Waals surface area contributed by atoms with E-state index >= 15 is 0 Å². The summed E-state index contributed by atoms with van der Waals surface area (Å²) in [5.41, 5.74) is 15.3. The Balaban J connectivity index is 1.36. The second kappa shape index (κ2) is 7.16. The molecule has 0 spiro atoms. The Kier molecular flexibility index (Phi) is 4.48. The highest BCUT2D eigenvalue weighted by Crippen LogP contribution is 2.29. The van der Waals surface area contributed by atoms with E-state index in [1.165, 1.54) is 18.7 Å². The highest BCUT2D eigenvalue weighted by molar-refractivity contribution is 5.85. The number of methoxy groups -OCH3 is 1. The third kappa shape index (κ3) is 3.36. The van der Waals surface area contributed by atoms with Gasteiger partial charge in [-0.1, -0.05) is 12.1 Å². The Morgan fingerprint density at radius 1 is 1.14 bits per heavy atom. The molecule has 2 unspecified atom stereocenters. The third-order valence-corrected chi connectivity index (χ3v) is 6.08. The summed E-state index contributed by atoms with van der Waals surface area (Å²) in [7, 11) is 1.70. The Morgan fingerprint density at radius 2 is 1.93 bits per heavy atom. The average Bonchev–Trinajstić information content (AvgIpc) is 3.38. The normalized spacial score (nSPS) is 21.7. The zero-order valence-electron chi connectivity index (χ0n) is 16.5. The number of nitrogens with two attached hydrogens (primary N) is 2. The first-order valence-corrected chi connectivity index (χ1v) is 9.94. The van der Waals surface area contributed by atoms with Crippen LogP contribution in [0, 0.1) is 11.8 Å². The van der Waals surface area contributed by atoms with Crippen LogP contribution in [0.5, 0.6) is 5.75 Å². The van der Waals surface area contributed by atoms with Gasteiger partial charge in [-0.15, -0.1) is 0 Å². The van der Waals surface area contributed by atoms with Crippen molar-refractivity contribution >= 4 is 22.8 Å². The van der Waals surface area contributed by atoms with Gasteiger partial charge in [-0.25, -0.2) is 4.98 Å². The highest BCUT2D eigenvalue weighted by Gasteiger charge is 2.35. The van der Waals surface area contributed by atoms with Gasteiger partial charge in [0.1, 0.15) is 16.8 Å². The van der Waals surface area contributed by atoms with Gasteiger partial charge in [0.2, 0.25) is 5.95 Å². The Bertz CT molecular complexity index is 1040. The lowest BCUT2D eigenvalue weighted by Gasteiger charge is -2.18. The average molecular weight is 394 g/mol. The summed E-state index contributed by atoms with van der Waals surface area (Å²) < 4.78 is 7.47. The monoisotopic (exact) mass is 394 g/mol. The Hall–Kier alpha value is -2.91. The van der Waals surface area contributed by atoms with Crippen molar-refractivity contribution in [2.24, 2.45) is 11.8 Å². The first kappa shape index (κ1) is 18.1. The molecule has 1 aromatic carbocycles. The molecule has 0 saturated carbocycles. The van der Waals surface area contributed by atoms with Gasteiger partial charge in [0.05, 0.1) is 19.9 Å². The van der Waals surface area contributed by atoms with Crippen molar-refractivity contribution in [3.05, 3.63) is 35.5 Å². The van der Waals surface area contributed by atoms with E-state index in [9.17, 15) is 0 Å². The minimum atomic E-state index is 0.151. The fourth-order valence-corrected chi connectivity index (χ4v) is 4.68. The molecule has 9 heteroatoms. The van der Waals surface area contributed by atoms with Crippen molar-refractivity contribution in [3.8, 4) is 5.75 Å². The van der Waals surface area contributed by atoms with Gasteiger partial charge in [-0.2, -0.15) is 10.1 Å². The summed E-state index contributed by atoms with van der Waals surface area (Å²) >= 11 is 0. The van der Waals surface area contributed by atoms with Crippen LogP contribution >= 0.6 is 0 Å². The number of nitrogen functional groups attached to an aromatic ring is 2. The number of aromatic nitrogens is 4. The minimum absolute atomic E-state index is 0.151. The van der Waals surface area contributed by atoms with Crippen LogP contribution in [0.4, 0.5) is 11.8 Å². The Labute approximate surface area is 169 Å². The summed E-state index contributed by atoms with van der Waals surface area (Å²) in [6.45, 7) is 6.12. The van der Waals surface area contributed by atoms with Gasteiger partial charge in [0.25, 0.3) is 0 Å². The lowest BCUT2D eigenvalue weighted by Crippen LogP contribution is -2.25. The first-order chi connectivity index (χ1) is 14.1. The van der Waals surface area contributed by atoms with Gasteiger partial charge in [0.15, 0.2) is 5.82 Å². The van der Waals surface area contributed by atoms with Crippen LogP contribution < -0.4 is 21.5 Å². The van der Waals surface area contributed by atoms with E-state index in [2.05, 4.69) is 43.5 Å². The van der Waals surface area contributed by atoms with Crippen molar-refractivity contribution < 1.29 is 4.74 Å². The number of hydrogen-bond acceptors (Lipinski definition) is 8. The Morgan fingerprint density at radius 3 is 2.69 bits per heavy atom. The number of anilines is 2. The van der Waals surface area contributed by atoms with Crippen LogP contribution in [0.15, 0.2) is 24.4 Å². The number of fused-ring (bicyclic) bond motifs is 2. The maximum Gasteiger partial charge on any atom is 0.222 e. The summed E-state index contributed by atoms with van der Waals surface area (Å²) in [5, 5.41) is 7.91. The molecule has 29 heavy (non-hydrogen) atoms. The van der Waals surface area contributed by atoms with E-state index in [4.69, 9.17) is 16.2 Å². The number of nitrogens with zero attached hydrogens (tertiary/aromatic N) is 5. The molecule has 2 aromatic heterocycles. The maximum absolute atomic E-state index is 6.05. The molecule has 5 rings (SSSR count). The number of nitrogens with one attached hydrogen (secondary N) is 1. The van der Waals surface area contributed by atoms with Crippen molar-refractivity contribution in [2.45, 2.75) is 13.1 Å². The van der Waals surface area contributed by atoms with Crippen molar-refractivity contribution in [1.82, 2.24) is 30.0 Å². The fraction of sp³-hybridized carbons (Fsp3) is 0.450. The third-order valence-electron chi connectivity index (χ3n) is 6.08. The number of ether oxygens (including phenoxy) is 1.